The Hall–Kier alpha value is -0.0800. The number of carbonyl (C=O) groups is 1. The molecule has 2 unspecified atom stereocenters. The standard InChI is InChI=1S/C10H17ClO2/c1-8(12)9(4-5-11)7-10-3-2-6-13-10/h9-10H,2-7H2,1H3. The van der Waals surface area contributed by atoms with Gasteiger partial charge in [0.2, 0.25) is 0 Å². The van der Waals surface area contributed by atoms with E-state index in [0.29, 0.717) is 12.0 Å². The highest BCUT2D eigenvalue weighted by atomic mass is 35.5. The fraction of sp³-hybridized carbons (Fsp3) is 0.900. The van der Waals surface area contributed by atoms with Crippen molar-refractivity contribution in [1.82, 2.24) is 0 Å². The Morgan fingerprint density at radius 3 is 2.92 bits per heavy atom. The molecule has 0 bridgehead atoms. The molecular weight excluding hydrogens is 188 g/mol. The summed E-state index contributed by atoms with van der Waals surface area (Å²) in [6.07, 6.45) is 4.19. The summed E-state index contributed by atoms with van der Waals surface area (Å²) in [6, 6.07) is 0. The second-order valence-electron chi connectivity index (χ2n) is 3.66. The topological polar surface area (TPSA) is 26.3 Å². The largest absolute Gasteiger partial charge is 0.378 e. The van der Waals surface area contributed by atoms with Gasteiger partial charge in [0.25, 0.3) is 0 Å². The molecule has 0 aliphatic carbocycles. The second kappa shape index (κ2) is 5.61. The van der Waals surface area contributed by atoms with Crippen molar-refractivity contribution >= 4 is 17.4 Å². The minimum absolute atomic E-state index is 0.112. The molecule has 0 amide bonds. The number of Topliss-reactive ketones (excluding diaryl/α,β-unsaturated/α-hetero) is 1. The number of hydrogen-bond acceptors (Lipinski definition) is 2. The fourth-order valence-corrected chi connectivity index (χ4v) is 2.03. The van der Waals surface area contributed by atoms with E-state index in [9.17, 15) is 4.79 Å². The van der Waals surface area contributed by atoms with E-state index in [2.05, 4.69) is 0 Å². The van der Waals surface area contributed by atoms with Crippen LogP contribution in [0.3, 0.4) is 0 Å². The molecular formula is C10H17ClO2. The fourth-order valence-electron chi connectivity index (χ4n) is 1.77. The van der Waals surface area contributed by atoms with Gasteiger partial charge in [0.05, 0.1) is 6.10 Å². The van der Waals surface area contributed by atoms with Crippen molar-refractivity contribution in [3.05, 3.63) is 0 Å². The molecule has 1 rings (SSSR count). The van der Waals surface area contributed by atoms with E-state index in [1.165, 1.54) is 0 Å². The molecule has 0 radical (unpaired) electrons. The quantitative estimate of drug-likeness (QED) is 0.643. The molecule has 0 aromatic heterocycles. The summed E-state index contributed by atoms with van der Waals surface area (Å²) in [6.45, 7) is 2.50. The van der Waals surface area contributed by atoms with Crippen LogP contribution in [0.15, 0.2) is 0 Å². The molecule has 1 aliphatic rings. The lowest BCUT2D eigenvalue weighted by Gasteiger charge is -2.16. The molecule has 1 fully saturated rings. The minimum Gasteiger partial charge on any atom is -0.378 e. The third-order valence-electron chi connectivity index (χ3n) is 2.60. The molecule has 0 N–H and O–H groups in total. The van der Waals surface area contributed by atoms with Crippen molar-refractivity contribution in [1.29, 1.82) is 0 Å². The Morgan fingerprint density at radius 1 is 1.69 bits per heavy atom. The average molecular weight is 205 g/mol. The number of alkyl halides is 1. The van der Waals surface area contributed by atoms with Gasteiger partial charge in [-0.2, -0.15) is 0 Å². The summed E-state index contributed by atoms with van der Waals surface area (Å²) < 4.78 is 5.48. The van der Waals surface area contributed by atoms with E-state index < -0.39 is 0 Å². The molecule has 76 valence electrons. The van der Waals surface area contributed by atoms with Gasteiger partial charge in [-0.25, -0.2) is 0 Å². The first-order chi connectivity index (χ1) is 6.24. The zero-order valence-electron chi connectivity index (χ0n) is 8.09. The maximum atomic E-state index is 11.2. The predicted molar refractivity (Wildman–Crippen MR) is 53.1 cm³/mol. The normalized spacial score (nSPS) is 24.6. The highest BCUT2D eigenvalue weighted by Gasteiger charge is 2.22. The van der Waals surface area contributed by atoms with Gasteiger partial charge in [0.1, 0.15) is 5.78 Å². The zero-order valence-corrected chi connectivity index (χ0v) is 8.85. The first-order valence-corrected chi connectivity index (χ1v) is 5.45. The Bertz CT molecular complexity index is 164. The highest BCUT2D eigenvalue weighted by molar-refractivity contribution is 6.18. The number of hydrogen-bond donors (Lipinski definition) is 0. The molecule has 0 aromatic rings. The third-order valence-corrected chi connectivity index (χ3v) is 2.82. The van der Waals surface area contributed by atoms with Crippen LogP contribution in [-0.4, -0.2) is 24.4 Å². The van der Waals surface area contributed by atoms with E-state index >= 15 is 0 Å². The summed E-state index contributed by atoms with van der Waals surface area (Å²) in [4.78, 5) is 11.2. The number of ether oxygens (including phenoxy) is 1. The van der Waals surface area contributed by atoms with Crippen molar-refractivity contribution in [2.45, 2.75) is 38.7 Å². The van der Waals surface area contributed by atoms with E-state index in [4.69, 9.17) is 16.3 Å². The summed E-state index contributed by atoms with van der Waals surface area (Å²) in [7, 11) is 0. The Kier molecular flexibility index (Phi) is 4.74. The molecule has 1 heterocycles. The number of ketones is 1. The van der Waals surface area contributed by atoms with E-state index in [1.807, 2.05) is 0 Å². The van der Waals surface area contributed by atoms with Crippen molar-refractivity contribution in [2.24, 2.45) is 5.92 Å². The molecule has 0 saturated carbocycles. The predicted octanol–water partition coefficient (Wildman–Crippen LogP) is 2.39. The van der Waals surface area contributed by atoms with Crippen molar-refractivity contribution < 1.29 is 9.53 Å². The van der Waals surface area contributed by atoms with Crippen LogP contribution in [0.4, 0.5) is 0 Å². The molecule has 3 heteroatoms. The SMILES string of the molecule is CC(=O)C(CCCl)CC1CCCO1. The van der Waals surface area contributed by atoms with Gasteiger partial charge in [0.15, 0.2) is 0 Å². The van der Waals surface area contributed by atoms with Gasteiger partial charge in [0, 0.05) is 18.4 Å². The second-order valence-corrected chi connectivity index (χ2v) is 4.03. The molecule has 13 heavy (non-hydrogen) atoms. The van der Waals surface area contributed by atoms with Gasteiger partial charge in [-0.05, 0) is 32.6 Å². The smallest absolute Gasteiger partial charge is 0.133 e. The molecule has 2 nitrogen and oxygen atoms in total. The Balaban J connectivity index is 2.32. The van der Waals surface area contributed by atoms with Crippen LogP contribution < -0.4 is 0 Å². The van der Waals surface area contributed by atoms with E-state index in [0.717, 1.165) is 32.3 Å². The van der Waals surface area contributed by atoms with Gasteiger partial charge in [-0.1, -0.05) is 0 Å². The Morgan fingerprint density at radius 2 is 2.46 bits per heavy atom. The number of carbonyl (C=O) groups excluding carboxylic acids is 1. The van der Waals surface area contributed by atoms with E-state index in [1.54, 1.807) is 6.92 Å². The lowest BCUT2D eigenvalue weighted by atomic mass is 9.94. The zero-order chi connectivity index (χ0) is 9.68. The van der Waals surface area contributed by atoms with Gasteiger partial charge >= 0.3 is 0 Å². The van der Waals surface area contributed by atoms with Gasteiger partial charge in [-0.3, -0.25) is 4.79 Å². The minimum atomic E-state index is 0.112. The summed E-state index contributed by atoms with van der Waals surface area (Å²) in [5.41, 5.74) is 0. The van der Waals surface area contributed by atoms with Crippen LogP contribution in [0, 0.1) is 5.92 Å². The van der Waals surface area contributed by atoms with Crippen molar-refractivity contribution in [3.63, 3.8) is 0 Å². The van der Waals surface area contributed by atoms with Gasteiger partial charge in [-0.15, -0.1) is 11.6 Å². The summed E-state index contributed by atoms with van der Waals surface area (Å²) >= 11 is 5.63. The maximum absolute atomic E-state index is 11.2. The molecule has 1 saturated heterocycles. The maximum Gasteiger partial charge on any atom is 0.133 e. The summed E-state index contributed by atoms with van der Waals surface area (Å²) in [5.74, 6) is 0.925. The van der Waals surface area contributed by atoms with Crippen LogP contribution in [0.2, 0.25) is 0 Å². The lowest BCUT2D eigenvalue weighted by Crippen LogP contribution is -2.19. The van der Waals surface area contributed by atoms with E-state index in [-0.39, 0.29) is 11.7 Å². The van der Waals surface area contributed by atoms with Crippen molar-refractivity contribution in [2.75, 3.05) is 12.5 Å². The first kappa shape index (κ1) is 11.0. The molecule has 0 aromatic carbocycles. The average Bonchev–Trinajstić information content (AvgIpc) is 2.56. The molecule has 0 spiro atoms. The number of rotatable bonds is 5. The van der Waals surface area contributed by atoms with Crippen molar-refractivity contribution in [3.8, 4) is 0 Å². The van der Waals surface area contributed by atoms with Crippen LogP contribution in [0.25, 0.3) is 0 Å². The Labute approximate surface area is 84.6 Å². The van der Waals surface area contributed by atoms with Crippen LogP contribution in [0.1, 0.15) is 32.6 Å². The van der Waals surface area contributed by atoms with Crippen LogP contribution in [0.5, 0.6) is 0 Å². The van der Waals surface area contributed by atoms with Crippen LogP contribution in [-0.2, 0) is 9.53 Å². The third kappa shape index (κ3) is 3.65. The number of halogens is 1. The first-order valence-electron chi connectivity index (χ1n) is 4.92. The highest BCUT2D eigenvalue weighted by Crippen LogP contribution is 2.22. The molecule has 1 aliphatic heterocycles. The van der Waals surface area contributed by atoms with Crippen LogP contribution >= 0.6 is 11.6 Å². The van der Waals surface area contributed by atoms with Gasteiger partial charge < -0.3 is 4.74 Å². The monoisotopic (exact) mass is 204 g/mol. The lowest BCUT2D eigenvalue weighted by molar-refractivity contribution is -0.121. The summed E-state index contributed by atoms with van der Waals surface area (Å²) in [5, 5.41) is 0. The molecule has 2 atom stereocenters.